The molecule has 0 radical (unpaired) electrons. The maximum Gasteiger partial charge on any atom is 0.262 e. The predicted octanol–water partition coefficient (Wildman–Crippen LogP) is 1.58. The van der Waals surface area contributed by atoms with Crippen LogP contribution >= 0.6 is 0 Å². The van der Waals surface area contributed by atoms with Crippen LogP contribution in [-0.2, 0) is 30.4 Å². The zero-order valence-corrected chi connectivity index (χ0v) is 18.0. The maximum absolute atomic E-state index is 12.5. The molecule has 2 N–H and O–H groups in total. The fraction of sp³-hybridized carbons (Fsp3) is 0.250. The molecule has 0 saturated carbocycles. The first-order chi connectivity index (χ1) is 14.7. The lowest BCUT2D eigenvalue weighted by atomic mass is 10.2. The van der Waals surface area contributed by atoms with Crippen molar-refractivity contribution >= 4 is 37.3 Å². The normalized spacial score (nSPS) is 13.8. The molecule has 0 fully saturated rings. The molecule has 0 spiro atoms. The summed E-state index contributed by atoms with van der Waals surface area (Å²) < 4.78 is 52.0. The Labute approximate surface area is 180 Å². The second kappa shape index (κ2) is 9.28. The Morgan fingerprint density at radius 1 is 1.10 bits per heavy atom. The third-order valence-corrected chi connectivity index (χ3v) is 7.23. The second-order valence-electron chi connectivity index (χ2n) is 6.95. The number of nitriles is 1. The molecule has 1 heterocycles. The van der Waals surface area contributed by atoms with E-state index in [9.17, 15) is 21.6 Å². The van der Waals surface area contributed by atoms with E-state index < -0.39 is 31.5 Å². The number of anilines is 1. The van der Waals surface area contributed by atoms with Crippen molar-refractivity contribution in [1.29, 1.82) is 5.26 Å². The lowest BCUT2D eigenvalue weighted by Gasteiger charge is -2.10. The van der Waals surface area contributed by atoms with Crippen LogP contribution in [0.3, 0.4) is 0 Å². The smallest absolute Gasteiger partial charge is 0.262 e. The minimum Gasteiger partial charge on any atom is -0.325 e. The van der Waals surface area contributed by atoms with Crippen LogP contribution in [0.15, 0.2) is 58.4 Å². The van der Waals surface area contributed by atoms with Crippen molar-refractivity contribution in [2.75, 3.05) is 17.6 Å². The summed E-state index contributed by atoms with van der Waals surface area (Å²) in [4.78, 5) is 16.2. The summed E-state index contributed by atoms with van der Waals surface area (Å²) >= 11 is 0. The number of benzene rings is 2. The molecule has 0 saturated heterocycles. The van der Waals surface area contributed by atoms with E-state index in [1.54, 1.807) is 0 Å². The van der Waals surface area contributed by atoms with Crippen LogP contribution in [0.5, 0.6) is 0 Å². The van der Waals surface area contributed by atoms with Gasteiger partial charge in [0.05, 0.1) is 22.3 Å². The topological polar surface area (TPSA) is 146 Å². The van der Waals surface area contributed by atoms with Gasteiger partial charge in [-0.1, -0.05) is 18.2 Å². The van der Waals surface area contributed by atoms with E-state index in [1.165, 1.54) is 48.5 Å². The van der Waals surface area contributed by atoms with Crippen LogP contribution in [0.1, 0.15) is 24.0 Å². The van der Waals surface area contributed by atoms with Crippen molar-refractivity contribution in [1.82, 2.24) is 4.72 Å². The Bertz CT molecular complexity index is 1260. The number of nitrogens with one attached hydrogen (secondary N) is 2. The Balaban J connectivity index is 1.64. The molecular weight excluding hydrogens is 440 g/mol. The van der Waals surface area contributed by atoms with E-state index in [-0.39, 0.29) is 16.3 Å². The second-order valence-corrected chi connectivity index (χ2v) is 10.7. The third kappa shape index (κ3) is 6.37. The summed E-state index contributed by atoms with van der Waals surface area (Å²) in [7, 11) is -7.63. The van der Waals surface area contributed by atoms with E-state index in [2.05, 4.69) is 15.0 Å². The number of nitrogens with zero attached hydrogens (tertiary/aromatic N) is 2. The predicted molar refractivity (Wildman–Crippen MR) is 116 cm³/mol. The number of sulfonamides is 1. The number of aliphatic imine (C=N–C) groups is 1. The fourth-order valence-corrected chi connectivity index (χ4v) is 5.36. The largest absolute Gasteiger partial charge is 0.325 e. The van der Waals surface area contributed by atoms with Gasteiger partial charge in [0.15, 0.2) is 9.84 Å². The molecule has 3 rings (SSSR count). The van der Waals surface area contributed by atoms with E-state index >= 15 is 0 Å². The molecule has 31 heavy (non-hydrogen) atoms. The van der Waals surface area contributed by atoms with E-state index in [0.29, 0.717) is 29.9 Å². The molecule has 9 nitrogen and oxygen atoms in total. The zero-order valence-electron chi connectivity index (χ0n) is 16.4. The molecule has 1 amide bonds. The Hall–Kier alpha value is -3.23. The highest BCUT2D eigenvalue weighted by molar-refractivity contribution is 7.91. The summed E-state index contributed by atoms with van der Waals surface area (Å²) in [5, 5.41) is 11.2. The van der Waals surface area contributed by atoms with Crippen molar-refractivity contribution in [3.05, 3.63) is 59.7 Å². The van der Waals surface area contributed by atoms with Crippen molar-refractivity contribution in [3.8, 4) is 6.07 Å². The lowest BCUT2D eigenvalue weighted by Crippen LogP contribution is -2.29. The van der Waals surface area contributed by atoms with Gasteiger partial charge in [0, 0.05) is 18.7 Å². The van der Waals surface area contributed by atoms with Gasteiger partial charge in [0.2, 0.25) is 5.91 Å². The summed E-state index contributed by atoms with van der Waals surface area (Å²) in [5.74, 6) is -1.51. The molecule has 162 valence electrons. The van der Waals surface area contributed by atoms with Gasteiger partial charge >= 0.3 is 0 Å². The summed E-state index contributed by atoms with van der Waals surface area (Å²) in [6.45, 7) is 0.574. The quantitative estimate of drug-likeness (QED) is 0.641. The fourth-order valence-electron chi connectivity index (χ4n) is 2.96. The van der Waals surface area contributed by atoms with Crippen molar-refractivity contribution < 1.29 is 21.6 Å². The van der Waals surface area contributed by atoms with Gasteiger partial charge in [-0.15, -0.1) is 0 Å². The molecule has 0 atom stereocenters. The highest BCUT2D eigenvalue weighted by atomic mass is 32.2. The molecule has 0 bridgehead atoms. The average molecular weight is 461 g/mol. The van der Waals surface area contributed by atoms with Gasteiger partial charge in [-0.05, 0) is 42.3 Å². The third-order valence-electron chi connectivity index (χ3n) is 4.38. The van der Waals surface area contributed by atoms with Gasteiger partial charge in [-0.25, -0.2) is 16.8 Å². The molecule has 0 aliphatic carbocycles. The number of hydrogen-bond acceptors (Lipinski definition) is 7. The molecule has 2 aromatic rings. The van der Waals surface area contributed by atoms with Crippen molar-refractivity contribution in [2.24, 2.45) is 4.99 Å². The molecule has 11 heteroatoms. The van der Waals surface area contributed by atoms with Crippen LogP contribution in [0.4, 0.5) is 5.69 Å². The first-order valence-electron chi connectivity index (χ1n) is 9.32. The summed E-state index contributed by atoms with van der Waals surface area (Å²) in [6.07, 6.45) is 1.33. The molecule has 1 aliphatic rings. The minimum atomic E-state index is -3.86. The molecule has 1 aliphatic heterocycles. The monoisotopic (exact) mass is 460 g/mol. The van der Waals surface area contributed by atoms with E-state index in [0.717, 1.165) is 6.42 Å². The van der Waals surface area contributed by atoms with Crippen molar-refractivity contribution in [2.45, 2.75) is 23.5 Å². The number of carbonyl (C=O) groups excluding carboxylic acids is 1. The molecular formula is C20H20N4O5S2. The van der Waals surface area contributed by atoms with Crippen LogP contribution < -0.4 is 10.0 Å². The first-order valence-corrected chi connectivity index (χ1v) is 12.6. The number of carbonyl (C=O) groups is 1. The number of sulfone groups is 1. The van der Waals surface area contributed by atoms with Gasteiger partial charge < -0.3 is 5.32 Å². The average Bonchev–Trinajstić information content (AvgIpc) is 3.20. The Kier molecular flexibility index (Phi) is 6.72. The minimum absolute atomic E-state index is 0.0691. The van der Waals surface area contributed by atoms with Crippen LogP contribution in [0.2, 0.25) is 0 Å². The lowest BCUT2D eigenvalue weighted by molar-refractivity contribution is -0.113. The highest BCUT2D eigenvalue weighted by Gasteiger charge is 2.20. The van der Waals surface area contributed by atoms with Crippen molar-refractivity contribution in [3.63, 3.8) is 0 Å². The molecule has 2 aromatic carbocycles. The summed E-state index contributed by atoms with van der Waals surface area (Å²) in [5.41, 5.74) is 1.03. The molecule has 0 aromatic heterocycles. The van der Waals surface area contributed by atoms with Gasteiger partial charge in [0.1, 0.15) is 11.6 Å². The SMILES string of the molecule is N#Cc1ccc(CS(=O)(=O)CC(=O)Nc2cccc(S(=O)(=O)NC3=NCCC3)c2)cc1. The Morgan fingerprint density at radius 2 is 1.84 bits per heavy atom. The van der Waals surface area contributed by atoms with Crippen LogP contribution in [-0.4, -0.2) is 40.9 Å². The van der Waals surface area contributed by atoms with E-state index in [1.807, 2.05) is 6.07 Å². The maximum atomic E-state index is 12.5. The van der Waals surface area contributed by atoms with Gasteiger partial charge in [-0.2, -0.15) is 5.26 Å². The van der Waals surface area contributed by atoms with E-state index in [4.69, 9.17) is 5.26 Å². The first kappa shape index (κ1) is 22.5. The Morgan fingerprint density at radius 3 is 2.48 bits per heavy atom. The van der Waals surface area contributed by atoms with Gasteiger partial charge in [0.25, 0.3) is 10.0 Å². The number of hydrogen-bond donors (Lipinski definition) is 2. The van der Waals surface area contributed by atoms with Crippen LogP contribution in [0.25, 0.3) is 0 Å². The number of rotatable bonds is 7. The standard InChI is InChI=1S/C20H20N4O5S2/c21-12-15-6-8-16(9-7-15)13-30(26,27)14-20(25)23-17-3-1-4-18(11-17)31(28,29)24-19-5-2-10-22-19/h1,3-4,6-9,11H,2,5,10,13-14H2,(H,22,24)(H,23,25). The molecule has 0 unspecified atom stereocenters. The van der Waals surface area contributed by atoms with Crippen LogP contribution in [0, 0.1) is 11.3 Å². The number of amides is 1. The van der Waals surface area contributed by atoms with Gasteiger partial charge in [-0.3, -0.25) is 14.5 Å². The number of amidine groups is 1. The zero-order chi connectivity index (χ0) is 22.5. The highest BCUT2D eigenvalue weighted by Crippen LogP contribution is 2.17. The summed E-state index contributed by atoms with van der Waals surface area (Å²) in [6, 6.07) is 13.5.